The van der Waals surface area contributed by atoms with Gasteiger partial charge in [-0.2, -0.15) is 0 Å². The molecule has 0 aliphatic rings. The smallest absolute Gasteiger partial charge is 0.0175 e. The lowest BCUT2D eigenvalue weighted by molar-refractivity contribution is 0.476. The Balaban J connectivity index is 2.60. The van der Waals surface area contributed by atoms with Crippen molar-refractivity contribution in [1.29, 1.82) is 0 Å². The minimum absolute atomic E-state index is 0.645. The van der Waals surface area contributed by atoms with Crippen molar-refractivity contribution in [3.63, 3.8) is 0 Å². The Labute approximate surface area is 120 Å². The summed E-state index contributed by atoms with van der Waals surface area (Å²) < 4.78 is 1.16. The molecule has 1 aromatic rings. The van der Waals surface area contributed by atoms with Gasteiger partial charge in [-0.25, -0.2) is 0 Å². The zero-order valence-electron chi connectivity index (χ0n) is 11.9. The molecular weight excluding hydrogens is 286 g/mol. The van der Waals surface area contributed by atoms with Gasteiger partial charge in [-0.05, 0) is 48.9 Å². The summed E-state index contributed by atoms with van der Waals surface area (Å²) in [6.07, 6.45) is 3.78. The first-order valence-corrected chi connectivity index (χ1v) is 7.89. The molecule has 1 nitrogen and oxygen atoms in total. The van der Waals surface area contributed by atoms with E-state index in [0.29, 0.717) is 5.92 Å². The lowest BCUT2D eigenvalue weighted by atomic mass is 9.91. The first-order valence-electron chi connectivity index (χ1n) is 7.09. The predicted octanol–water partition coefficient (Wildman–Crippen LogP) is 4.97. The molecule has 1 rings (SSSR count). The number of benzene rings is 1. The number of rotatable bonds is 8. The van der Waals surface area contributed by atoms with Gasteiger partial charge in [-0.1, -0.05) is 55.3 Å². The summed E-state index contributed by atoms with van der Waals surface area (Å²) in [4.78, 5) is 0. The summed E-state index contributed by atoms with van der Waals surface area (Å²) >= 11 is 3.51. The highest BCUT2D eigenvalue weighted by Crippen LogP contribution is 2.24. The van der Waals surface area contributed by atoms with E-state index in [2.05, 4.69) is 66.3 Å². The minimum atomic E-state index is 0.645. The molecule has 0 aromatic heterocycles. The largest absolute Gasteiger partial charge is 0.316 e. The van der Waals surface area contributed by atoms with Crippen LogP contribution in [0.2, 0.25) is 0 Å². The Morgan fingerprint density at radius 1 is 1.11 bits per heavy atom. The average Bonchev–Trinajstić information content (AvgIpc) is 2.34. The fourth-order valence-electron chi connectivity index (χ4n) is 2.11. The lowest BCUT2D eigenvalue weighted by Crippen LogP contribution is -2.22. The molecule has 0 aliphatic heterocycles. The highest BCUT2D eigenvalue weighted by Gasteiger charge is 2.11. The van der Waals surface area contributed by atoms with Gasteiger partial charge in [0, 0.05) is 11.0 Å². The van der Waals surface area contributed by atoms with E-state index >= 15 is 0 Å². The SMILES string of the molecule is CCCNCC(CCC(C)C)c1ccc(Br)cc1. The van der Waals surface area contributed by atoms with E-state index in [4.69, 9.17) is 0 Å². The molecule has 0 spiro atoms. The average molecular weight is 312 g/mol. The monoisotopic (exact) mass is 311 g/mol. The third kappa shape index (κ3) is 6.01. The molecule has 1 aromatic carbocycles. The van der Waals surface area contributed by atoms with Crippen LogP contribution in [0.1, 0.15) is 51.5 Å². The highest BCUT2D eigenvalue weighted by atomic mass is 79.9. The van der Waals surface area contributed by atoms with Gasteiger partial charge < -0.3 is 5.32 Å². The van der Waals surface area contributed by atoms with Crippen molar-refractivity contribution in [2.24, 2.45) is 5.92 Å². The molecule has 0 saturated heterocycles. The van der Waals surface area contributed by atoms with Crippen LogP contribution < -0.4 is 5.32 Å². The Kier molecular flexibility index (Phi) is 7.60. The number of nitrogens with one attached hydrogen (secondary N) is 1. The van der Waals surface area contributed by atoms with Gasteiger partial charge in [-0.3, -0.25) is 0 Å². The highest BCUT2D eigenvalue weighted by molar-refractivity contribution is 9.10. The molecule has 1 unspecified atom stereocenters. The Hall–Kier alpha value is -0.340. The number of hydrogen-bond donors (Lipinski definition) is 1. The van der Waals surface area contributed by atoms with E-state index in [1.165, 1.54) is 24.8 Å². The van der Waals surface area contributed by atoms with Crippen LogP contribution in [0.25, 0.3) is 0 Å². The lowest BCUT2D eigenvalue weighted by Gasteiger charge is -2.19. The fourth-order valence-corrected chi connectivity index (χ4v) is 2.37. The zero-order valence-corrected chi connectivity index (χ0v) is 13.5. The van der Waals surface area contributed by atoms with E-state index in [-0.39, 0.29) is 0 Å². The van der Waals surface area contributed by atoms with Crippen molar-refractivity contribution in [3.8, 4) is 0 Å². The maximum atomic E-state index is 3.56. The van der Waals surface area contributed by atoms with Crippen molar-refractivity contribution in [3.05, 3.63) is 34.3 Å². The van der Waals surface area contributed by atoms with Gasteiger partial charge in [0.15, 0.2) is 0 Å². The molecule has 0 aliphatic carbocycles. The quantitative estimate of drug-likeness (QED) is 0.668. The second-order valence-electron chi connectivity index (χ2n) is 5.42. The van der Waals surface area contributed by atoms with Gasteiger partial charge in [0.25, 0.3) is 0 Å². The summed E-state index contributed by atoms with van der Waals surface area (Å²) in [6, 6.07) is 8.81. The second kappa shape index (κ2) is 8.71. The van der Waals surface area contributed by atoms with Crippen LogP contribution in [-0.4, -0.2) is 13.1 Å². The van der Waals surface area contributed by atoms with Crippen molar-refractivity contribution in [1.82, 2.24) is 5.32 Å². The summed E-state index contributed by atoms with van der Waals surface area (Å²) in [5, 5.41) is 3.56. The van der Waals surface area contributed by atoms with Gasteiger partial charge in [0.1, 0.15) is 0 Å². The van der Waals surface area contributed by atoms with Gasteiger partial charge in [-0.15, -0.1) is 0 Å². The molecule has 0 amide bonds. The van der Waals surface area contributed by atoms with Crippen LogP contribution in [0.3, 0.4) is 0 Å². The van der Waals surface area contributed by atoms with Crippen molar-refractivity contribution in [2.75, 3.05) is 13.1 Å². The fraction of sp³-hybridized carbons (Fsp3) is 0.625. The topological polar surface area (TPSA) is 12.0 Å². The van der Waals surface area contributed by atoms with Crippen LogP contribution in [-0.2, 0) is 0 Å². The maximum Gasteiger partial charge on any atom is 0.0175 e. The first kappa shape index (κ1) is 15.7. The molecule has 0 saturated carbocycles. The molecule has 1 atom stereocenters. The molecule has 0 radical (unpaired) electrons. The number of hydrogen-bond acceptors (Lipinski definition) is 1. The van der Waals surface area contributed by atoms with Crippen LogP contribution in [0.5, 0.6) is 0 Å². The molecule has 1 N–H and O–H groups in total. The summed E-state index contributed by atoms with van der Waals surface area (Å²) in [5.74, 6) is 1.43. The molecule has 0 bridgehead atoms. The Morgan fingerprint density at radius 2 is 1.78 bits per heavy atom. The van der Waals surface area contributed by atoms with Gasteiger partial charge in [0.2, 0.25) is 0 Å². The summed E-state index contributed by atoms with van der Waals surface area (Å²) in [6.45, 7) is 9.04. The molecule has 2 heteroatoms. The molecular formula is C16H26BrN. The van der Waals surface area contributed by atoms with Crippen LogP contribution in [0.4, 0.5) is 0 Å². The van der Waals surface area contributed by atoms with Crippen molar-refractivity contribution < 1.29 is 0 Å². The molecule has 18 heavy (non-hydrogen) atoms. The van der Waals surface area contributed by atoms with E-state index in [9.17, 15) is 0 Å². The Bertz CT molecular complexity index is 318. The Morgan fingerprint density at radius 3 is 2.33 bits per heavy atom. The van der Waals surface area contributed by atoms with E-state index in [1.54, 1.807) is 0 Å². The van der Waals surface area contributed by atoms with Crippen molar-refractivity contribution >= 4 is 15.9 Å². The van der Waals surface area contributed by atoms with E-state index < -0.39 is 0 Å². The van der Waals surface area contributed by atoms with E-state index in [1.807, 2.05) is 0 Å². The number of halogens is 1. The summed E-state index contributed by atoms with van der Waals surface area (Å²) in [7, 11) is 0. The van der Waals surface area contributed by atoms with Gasteiger partial charge in [0.05, 0.1) is 0 Å². The normalized spacial score (nSPS) is 12.9. The van der Waals surface area contributed by atoms with Crippen LogP contribution in [0, 0.1) is 5.92 Å². The van der Waals surface area contributed by atoms with E-state index in [0.717, 1.165) is 23.5 Å². The molecule has 102 valence electrons. The minimum Gasteiger partial charge on any atom is -0.316 e. The van der Waals surface area contributed by atoms with Crippen LogP contribution >= 0.6 is 15.9 Å². The predicted molar refractivity (Wildman–Crippen MR) is 84.1 cm³/mol. The third-order valence-corrected chi connectivity index (χ3v) is 3.78. The summed E-state index contributed by atoms with van der Waals surface area (Å²) in [5.41, 5.74) is 1.46. The molecule has 0 heterocycles. The molecule has 0 fully saturated rings. The van der Waals surface area contributed by atoms with Crippen molar-refractivity contribution in [2.45, 2.75) is 46.0 Å². The third-order valence-electron chi connectivity index (χ3n) is 3.25. The maximum absolute atomic E-state index is 3.56. The first-order chi connectivity index (χ1) is 8.63. The second-order valence-corrected chi connectivity index (χ2v) is 6.34. The zero-order chi connectivity index (χ0) is 13.4. The standard InChI is InChI=1S/C16H26BrN/c1-4-11-18-12-15(6-5-13(2)3)14-7-9-16(17)10-8-14/h7-10,13,15,18H,4-6,11-12H2,1-3H3. The van der Waals surface area contributed by atoms with Gasteiger partial charge >= 0.3 is 0 Å². The van der Waals surface area contributed by atoms with Crippen LogP contribution in [0.15, 0.2) is 28.7 Å².